The van der Waals surface area contributed by atoms with Crippen LogP contribution in [0.4, 0.5) is 4.79 Å². The first-order chi connectivity index (χ1) is 24.5. The van der Waals surface area contributed by atoms with Gasteiger partial charge >= 0.3 is 6.09 Å². The zero-order chi connectivity index (χ0) is 37.1. The van der Waals surface area contributed by atoms with Crippen molar-refractivity contribution in [2.45, 2.75) is 132 Å². The number of hydrogen-bond donors (Lipinski definition) is 3. The van der Waals surface area contributed by atoms with E-state index in [2.05, 4.69) is 20.3 Å². The zero-order valence-electron chi connectivity index (χ0n) is 30.3. The summed E-state index contributed by atoms with van der Waals surface area (Å²) in [5.74, 6) is -1.63. The van der Waals surface area contributed by atoms with Gasteiger partial charge in [-0.1, -0.05) is 43.2 Å². The molecule has 0 radical (unpaired) electrons. The van der Waals surface area contributed by atoms with E-state index in [1.807, 2.05) is 36.4 Å². The lowest BCUT2D eigenvalue weighted by Crippen LogP contribution is -2.58. The number of carbonyl (C=O) groups is 4. The Morgan fingerprint density at radius 2 is 1.85 bits per heavy atom. The van der Waals surface area contributed by atoms with Crippen molar-refractivity contribution in [3.8, 4) is 5.75 Å². The lowest BCUT2D eigenvalue weighted by atomic mass is 9.87. The monoisotopic (exact) mass is 735 g/mol. The first-order valence-corrected chi connectivity index (χ1v) is 19.9. The van der Waals surface area contributed by atoms with Crippen LogP contribution >= 0.6 is 0 Å². The minimum atomic E-state index is -3.97. The normalized spacial score (nSPS) is 30.7. The number of amides is 4. The topological polar surface area (TPSA) is 173 Å². The van der Waals surface area contributed by atoms with Gasteiger partial charge in [-0.2, -0.15) is 0 Å². The molecule has 2 aromatic rings. The first kappa shape index (κ1) is 36.2. The summed E-state index contributed by atoms with van der Waals surface area (Å²) in [6.07, 6.45) is 10.5. The van der Waals surface area contributed by atoms with Crippen LogP contribution in [0.2, 0.25) is 0 Å². The van der Waals surface area contributed by atoms with Gasteiger partial charge in [0.1, 0.15) is 34.6 Å². The number of benzene rings is 1. The Morgan fingerprint density at radius 1 is 1.08 bits per heavy atom. The fraction of sp³-hybridized carbons (Fsp3) is 0.605. The third-order valence-electron chi connectivity index (χ3n) is 11.3. The van der Waals surface area contributed by atoms with E-state index in [4.69, 9.17) is 9.47 Å². The summed E-state index contributed by atoms with van der Waals surface area (Å²) in [7, 11) is -3.97. The highest BCUT2D eigenvalue weighted by atomic mass is 32.2. The number of alkyl carbamates (subject to hydrolysis) is 1. The number of para-hydroxylation sites is 1. The molecule has 0 bridgehead atoms. The van der Waals surface area contributed by atoms with E-state index in [9.17, 15) is 27.6 Å². The van der Waals surface area contributed by atoms with Gasteiger partial charge in [0.2, 0.25) is 21.8 Å². The number of nitrogens with one attached hydrogen (secondary N) is 3. The summed E-state index contributed by atoms with van der Waals surface area (Å²) in [4.78, 5) is 62.1. The van der Waals surface area contributed by atoms with Gasteiger partial charge < -0.3 is 25.0 Å². The van der Waals surface area contributed by atoms with E-state index in [0.29, 0.717) is 50.7 Å². The van der Waals surface area contributed by atoms with Crippen LogP contribution < -0.4 is 20.1 Å². The quantitative estimate of drug-likeness (QED) is 0.390. The minimum absolute atomic E-state index is 0.0674. The van der Waals surface area contributed by atoms with E-state index >= 15 is 0 Å². The minimum Gasteiger partial charge on any atom is -0.483 e. The molecule has 1 spiro atoms. The predicted octanol–water partition coefficient (Wildman–Crippen LogP) is 4.19. The average Bonchev–Trinajstić information content (AvgIpc) is 3.97. The van der Waals surface area contributed by atoms with Gasteiger partial charge in [0.15, 0.2) is 0 Å². The Morgan fingerprint density at radius 3 is 2.60 bits per heavy atom. The number of rotatable bonds is 4. The van der Waals surface area contributed by atoms with E-state index in [-0.39, 0.29) is 19.4 Å². The molecular weight excluding hydrogens is 687 g/mol. The van der Waals surface area contributed by atoms with Crippen molar-refractivity contribution >= 4 is 44.7 Å². The third-order valence-corrected chi connectivity index (χ3v) is 13.5. The Labute approximate surface area is 304 Å². The highest BCUT2D eigenvalue weighted by Crippen LogP contribution is 2.48. The molecule has 3 fully saturated rings. The molecular formula is C38H49N5O8S. The fourth-order valence-electron chi connectivity index (χ4n) is 7.85. The van der Waals surface area contributed by atoms with Gasteiger partial charge in [0.05, 0.1) is 23.0 Å². The summed E-state index contributed by atoms with van der Waals surface area (Å²) < 4.78 is 39.8. The Kier molecular flexibility index (Phi) is 9.06. The van der Waals surface area contributed by atoms with Crippen molar-refractivity contribution in [1.82, 2.24) is 25.2 Å². The fourth-order valence-corrected chi connectivity index (χ4v) is 9.17. The molecule has 4 amide bonds. The maximum Gasteiger partial charge on any atom is 0.408 e. The Hall–Kier alpha value is -4.20. The summed E-state index contributed by atoms with van der Waals surface area (Å²) >= 11 is 0. The molecule has 3 N–H and O–H groups in total. The number of allylic oxidation sites excluding steroid dienone is 1. The molecule has 14 heteroatoms. The van der Waals surface area contributed by atoms with Gasteiger partial charge in [0, 0.05) is 23.3 Å². The van der Waals surface area contributed by atoms with Crippen LogP contribution in [-0.4, -0.2) is 82.2 Å². The van der Waals surface area contributed by atoms with Crippen LogP contribution in [0.25, 0.3) is 10.9 Å². The van der Waals surface area contributed by atoms with Gasteiger partial charge in [0.25, 0.3) is 5.91 Å². The average molecular weight is 736 g/mol. The number of fused-ring (bicyclic) bond motifs is 5. The highest BCUT2D eigenvalue weighted by Gasteiger charge is 2.64. The van der Waals surface area contributed by atoms with Gasteiger partial charge in [-0.25, -0.2) is 13.2 Å². The van der Waals surface area contributed by atoms with Gasteiger partial charge in [-0.15, -0.1) is 0 Å². The number of carbonyl (C=O) groups excluding carboxylic acids is 4. The molecule has 5 aliphatic rings. The number of ether oxygens (including phenoxy) is 2. The summed E-state index contributed by atoms with van der Waals surface area (Å²) in [6.45, 7) is 6.90. The number of aromatic nitrogens is 1. The zero-order valence-corrected chi connectivity index (χ0v) is 31.1. The largest absolute Gasteiger partial charge is 0.483 e. The number of aryl methyl sites for hydroxylation is 1. The molecule has 2 aliphatic carbocycles. The molecule has 2 saturated carbocycles. The summed E-state index contributed by atoms with van der Waals surface area (Å²) in [5.41, 5.74) is -1.37. The molecule has 1 aromatic carbocycles. The first-order valence-electron chi connectivity index (χ1n) is 18.4. The van der Waals surface area contributed by atoms with E-state index in [0.717, 1.165) is 29.3 Å². The Balaban J connectivity index is 1.22. The van der Waals surface area contributed by atoms with Crippen LogP contribution in [0, 0.1) is 5.92 Å². The third kappa shape index (κ3) is 6.97. The SMILES string of the molecule is CC(C)(C)OC(=O)N[C@H]1CCCCC/C=C\[C@@H]2C[C@@]2(C(=O)NS(=O)(=O)C2(C)CC2)NC(=O)[C@@H]2C[C@]3(CCc4c(cnc5ccccc45)O3)CN2C1=O. The predicted molar refractivity (Wildman–Crippen MR) is 193 cm³/mol. The molecule has 52 heavy (non-hydrogen) atoms. The van der Waals surface area contributed by atoms with E-state index < -0.39 is 73.3 Å². The van der Waals surface area contributed by atoms with Crippen molar-refractivity contribution in [2.75, 3.05) is 6.54 Å². The van der Waals surface area contributed by atoms with Gasteiger partial charge in [-0.3, -0.25) is 24.1 Å². The second kappa shape index (κ2) is 13.0. The summed E-state index contributed by atoms with van der Waals surface area (Å²) in [5, 5.41) is 6.70. The van der Waals surface area contributed by atoms with Crippen LogP contribution in [0.5, 0.6) is 5.75 Å². The number of hydrogen-bond acceptors (Lipinski definition) is 9. The molecule has 5 atom stereocenters. The molecule has 280 valence electrons. The van der Waals surface area contributed by atoms with E-state index in [1.54, 1.807) is 33.9 Å². The van der Waals surface area contributed by atoms with Crippen molar-refractivity contribution in [2.24, 2.45) is 5.92 Å². The maximum atomic E-state index is 14.6. The highest BCUT2D eigenvalue weighted by molar-refractivity contribution is 7.91. The smallest absolute Gasteiger partial charge is 0.408 e. The number of nitrogens with zero attached hydrogens (tertiary/aromatic N) is 2. The molecule has 4 heterocycles. The van der Waals surface area contributed by atoms with Crippen LogP contribution in [0.1, 0.15) is 97.5 Å². The second-order valence-corrected chi connectivity index (χ2v) is 18.7. The van der Waals surface area contributed by atoms with Gasteiger partial charge in [-0.05, 0) is 85.1 Å². The number of pyridine rings is 1. The molecule has 13 nitrogen and oxygen atoms in total. The lowest BCUT2D eigenvalue weighted by Gasteiger charge is -2.36. The van der Waals surface area contributed by atoms with Crippen molar-refractivity contribution in [1.29, 1.82) is 0 Å². The second-order valence-electron chi connectivity index (χ2n) is 16.5. The lowest BCUT2D eigenvalue weighted by molar-refractivity contribution is -0.141. The molecule has 7 rings (SSSR count). The Bertz CT molecular complexity index is 1940. The standard InChI is InChI=1S/C38H49N5O8S/c1-35(2,3)51-34(47)40-28-15-9-7-5-6-8-12-24-20-38(24,33(46)42-52(48,49)36(4)18-19-36)41-31(44)29-21-37(23-43(29)32(28)45)17-16-26-25-13-10-11-14-27(25)39-22-30(26)50-37/h8,10-14,22,24,28-29H,5-7,9,15-21,23H2,1-4H3,(H,40,47)(H,41,44)(H,42,46)/b12-8-/t24-,28+,29+,37-,38-/m1/s1. The van der Waals surface area contributed by atoms with Crippen LogP contribution in [0.15, 0.2) is 42.6 Å². The molecule has 3 aliphatic heterocycles. The van der Waals surface area contributed by atoms with E-state index in [1.165, 1.54) is 4.90 Å². The maximum absolute atomic E-state index is 14.6. The molecule has 0 unspecified atom stereocenters. The number of sulfonamides is 1. The molecule has 1 saturated heterocycles. The van der Waals surface area contributed by atoms with Crippen molar-refractivity contribution < 1.29 is 37.1 Å². The van der Waals surface area contributed by atoms with Crippen molar-refractivity contribution in [3.05, 3.63) is 48.2 Å². The van der Waals surface area contributed by atoms with Crippen LogP contribution in [-0.2, 0) is 35.6 Å². The summed E-state index contributed by atoms with van der Waals surface area (Å²) in [6, 6.07) is 5.77. The molecule has 1 aromatic heterocycles. The van der Waals surface area contributed by atoms with Crippen molar-refractivity contribution in [3.63, 3.8) is 0 Å². The van der Waals surface area contributed by atoms with Crippen LogP contribution in [0.3, 0.4) is 0 Å².